The van der Waals surface area contributed by atoms with Crippen LogP contribution >= 0.6 is 0 Å². The fraction of sp³-hybridized carbons (Fsp3) is 0.632. The van der Waals surface area contributed by atoms with E-state index >= 15 is 0 Å². The van der Waals surface area contributed by atoms with Crippen molar-refractivity contribution in [2.24, 2.45) is 5.41 Å². The number of aliphatic hydroxyl groups is 2. The first-order valence-electron chi connectivity index (χ1n) is 9.69. The summed E-state index contributed by atoms with van der Waals surface area (Å²) >= 11 is 0. The third-order valence-electron chi connectivity index (χ3n) is 5.13. The van der Waals surface area contributed by atoms with E-state index in [0.717, 1.165) is 18.4 Å². The van der Waals surface area contributed by atoms with Crippen LogP contribution in [0.3, 0.4) is 0 Å². The van der Waals surface area contributed by atoms with Gasteiger partial charge in [0.15, 0.2) is 11.2 Å². The smallest absolute Gasteiger partial charge is 0.247 e. The van der Waals surface area contributed by atoms with Crippen LogP contribution in [0, 0.1) is 5.41 Å². The minimum atomic E-state index is -0.522. The third-order valence-corrected chi connectivity index (χ3v) is 5.13. The van der Waals surface area contributed by atoms with E-state index < -0.39 is 5.41 Å². The SMILES string of the molecule is CCCCCCCCOc1nc(N)nc2c1ncn2/C=C1/CC1(CO)CO. The number of aromatic nitrogens is 4. The number of nitrogen functional groups attached to an aromatic ring is 1. The van der Waals surface area contributed by atoms with Gasteiger partial charge in [-0.25, -0.2) is 4.98 Å². The maximum atomic E-state index is 9.45. The summed E-state index contributed by atoms with van der Waals surface area (Å²) in [5, 5.41) is 18.9. The highest BCUT2D eigenvalue weighted by atomic mass is 16.5. The monoisotopic (exact) mass is 375 g/mol. The highest BCUT2D eigenvalue weighted by molar-refractivity contribution is 5.79. The van der Waals surface area contributed by atoms with Crippen molar-refractivity contribution in [1.29, 1.82) is 0 Å². The van der Waals surface area contributed by atoms with Gasteiger partial charge in [0, 0.05) is 11.6 Å². The van der Waals surface area contributed by atoms with Crippen LogP contribution < -0.4 is 10.5 Å². The van der Waals surface area contributed by atoms with E-state index in [1.807, 2.05) is 6.20 Å². The average molecular weight is 375 g/mol. The summed E-state index contributed by atoms with van der Waals surface area (Å²) in [6.07, 6.45) is 11.2. The lowest BCUT2D eigenvalue weighted by atomic mass is 10.1. The Morgan fingerprint density at radius 3 is 2.63 bits per heavy atom. The predicted molar refractivity (Wildman–Crippen MR) is 104 cm³/mol. The topological polar surface area (TPSA) is 119 Å². The zero-order valence-corrected chi connectivity index (χ0v) is 15.9. The van der Waals surface area contributed by atoms with Gasteiger partial charge in [-0.2, -0.15) is 9.97 Å². The van der Waals surface area contributed by atoms with Crippen molar-refractivity contribution in [1.82, 2.24) is 19.5 Å². The second kappa shape index (κ2) is 8.67. The molecule has 0 unspecified atom stereocenters. The predicted octanol–water partition coefficient (Wildman–Crippen LogP) is 2.36. The Hall–Kier alpha value is -2.19. The minimum absolute atomic E-state index is 0.0777. The molecule has 8 nitrogen and oxygen atoms in total. The molecule has 0 aliphatic heterocycles. The van der Waals surface area contributed by atoms with E-state index in [4.69, 9.17) is 10.5 Å². The summed E-state index contributed by atoms with van der Waals surface area (Å²) < 4.78 is 7.56. The van der Waals surface area contributed by atoms with Crippen molar-refractivity contribution in [2.45, 2.75) is 51.9 Å². The van der Waals surface area contributed by atoms with Gasteiger partial charge in [-0.05, 0) is 18.4 Å². The molecule has 2 aromatic heterocycles. The van der Waals surface area contributed by atoms with Crippen LogP contribution in [0.5, 0.6) is 5.88 Å². The number of nitrogens with two attached hydrogens (primary N) is 1. The molecule has 2 aromatic rings. The first-order chi connectivity index (χ1) is 13.1. The van der Waals surface area contributed by atoms with E-state index in [0.29, 0.717) is 30.1 Å². The number of unbranched alkanes of at least 4 members (excludes halogenated alkanes) is 5. The van der Waals surface area contributed by atoms with Crippen LogP contribution in [-0.2, 0) is 0 Å². The highest BCUT2D eigenvalue weighted by Gasteiger charge is 2.48. The van der Waals surface area contributed by atoms with Gasteiger partial charge in [-0.1, -0.05) is 39.0 Å². The standard InChI is InChI=1S/C19H29N5O3/c1-2-3-4-5-6-7-8-27-17-15-16(22-18(20)23-17)24(13-21-15)10-14-9-19(14,11-25)12-26/h10,13,25-26H,2-9,11-12H2,1H3,(H2,20,22,23)/b14-10-. The molecule has 1 aliphatic carbocycles. The van der Waals surface area contributed by atoms with E-state index in [1.54, 1.807) is 10.9 Å². The molecule has 27 heavy (non-hydrogen) atoms. The van der Waals surface area contributed by atoms with Crippen LogP contribution in [0.25, 0.3) is 17.4 Å². The molecule has 0 radical (unpaired) electrons. The minimum Gasteiger partial charge on any atom is -0.476 e. The molecule has 1 aliphatic rings. The molecule has 4 N–H and O–H groups in total. The number of nitrogens with zero attached hydrogens (tertiary/aromatic N) is 4. The van der Waals surface area contributed by atoms with Crippen molar-refractivity contribution >= 4 is 23.3 Å². The van der Waals surface area contributed by atoms with Crippen LogP contribution in [0.15, 0.2) is 11.9 Å². The zero-order chi connectivity index (χ0) is 19.3. The molecule has 0 bridgehead atoms. The Morgan fingerprint density at radius 2 is 1.93 bits per heavy atom. The summed E-state index contributed by atoms with van der Waals surface area (Å²) in [4.78, 5) is 12.8. The van der Waals surface area contributed by atoms with Gasteiger partial charge in [0.2, 0.25) is 11.8 Å². The number of rotatable bonds is 11. The van der Waals surface area contributed by atoms with Crippen molar-refractivity contribution < 1.29 is 14.9 Å². The first-order valence-corrected chi connectivity index (χ1v) is 9.69. The zero-order valence-electron chi connectivity index (χ0n) is 15.9. The van der Waals surface area contributed by atoms with Gasteiger partial charge >= 0.3 is 0 Å². The van der Waals surface area contributed by atoms with E-state index in [2.05, 4.69) is 21.9 Å². The molecule has 1 fully saturated rings. The Morgan fingerprint density at radius 1 is 1.19 bits per heavy atom. The van der Waals surface area contributed by atoms with Gasteiger partial charge < -0.3 is 20.7 Å². The van der Waals surface area contributed by atoms with Crippen molar-refractivity contribution in [3.63, 3.8) is 0 Å². The summed E-state index contributed by atoms with van der Waals surface area (Å²) in [7, 11) is 0. The fourth-order valence-corrected chi connectivity index (χ4v) is 3.19. The Balaban J connectivity index is 1.68. The Kier molecular flexibility index (Phi) is 6.28. The summed E-state index contributed by atoms with van der Waals surface area (Å²) in [6.45, 7) is 2.63. The number of aliphatic hydroxyl groups excluding tert-OH is 2. The summed E-state index contributed by atoms with van der Waals surface area (Å²) in [5.41, 5.74) is 7.40. The molecule has 1 saturated carbocycles. The number of anilines is 1. The van der Waals surface area contributed by atoms with Gasteiger partial charge in [0.1, 0.15) is 6.33 Å². The lowest BCUT2D eigenvalue weighted by molar-refractivity contribution is 0.143. The maximum Gasteiger partial charge on any atom is 0.247 e. The van der Waals surface area contributed by atoms with Gasteiger partial charge in [-0.3, -0.25) is 4.57 Å². The molecule has 0 saturated heterocycles. The molecular weight excluding hydrogens is 346 g/mol. The Bertz CT molecular complexity index is 798. The third kappa shape index (κ3) is 4.39. The van der Waals surface area contributed by atoms with Crippen LogP contribution in [0.2, 0.25) is 0 Å². The lowest BCUT2D eigenvalue weighted by Gasteiger charge is -2.07. The largest absolute Gasteiger partial charge is 0.476 e. The van der Waals surface area contributed by atoms with E-state index in [1.165, 1.54) is 25.7 Å². The number of ether oxygens (including phenoxy) is 1. The van der Waals surface area contributed by atoms with Gasteiger partial charge in [0.05, 0.1) is 19.8 Å². The molecule has 0 atom stereocenters. The number of imidazole rings is 1. The molecule has 3 rings (SSSR count). The van der Waals surface area contributed by atoms with Crippen LogP contribution in [-0.4, -0.2) is 49.6 Å². The fourth-order valence-electron chi connectivity index (χ4n) is 3.19. The number of fused-ring (bicyclic) bond motifs is 1. The van der Waals surface area contributed by atoms with E-state index in [9.17, 15) is 10.2 Å². The van der Waals surface area contributed by atoms with Crippen molar-refractivity contribution in [3.05, 3.63) is 11.9 Å². The number of hydrogen-bond acceptors (Lipinski definition) is 7. The molecule has 2 heterocycles. The molecule has 148 valence electrons. The average Bonchev–Trinajstić information content (AvgIpc) is 3.23. The lowest BCUT2D eigenvalue weighted by Crippen LogP contribution is -2.12. The molecule has 0 amide bonds. The van der Waals surface area contributed by atoms with Gasteiger partial charge in [-0.15, -0.1) is 0 Å². The second-order valence-corrected chi connectivity index (χ2v) is 7.25. The van der Waals surface area contributed by atoms with Gasteiger partial charge in [0.25, 0.3) is 0 Å². The first kappa shape index (κ1) is 19.6. The van der Waals surface area contributed by atoms with Crippen LogP contribution in [0.4, 0.5) is 5.95 Å². The van der Waals surface area contributed by atoms with Crippen LogP contribution in [0.1, 0.15) is 51.9 Å². The summed E-state index contributed by atoms with van der Waals surface area (Å²) in [6, 6.07) is 0. The maximum absolute atomic E-state index is 9.45. The Labute approximate surface area is 159 Å². The molecule has 8 heteroatoms. The summed E-state index contributed by atoms with van der Waals surface area (Å²) in [5.74, 6) is 0.529. The van der Waals surface area contributed by atoms with E-state index in [-0.39, 0.29) is 19.2 Å². The van der Waals surface area contributed by atoms with Crippen molar-refractivity contribution in [2.75, 3.05) is 25.6 Å². The molecule has 0 spiro atoms. The highest BCUT2D eigenvalue weighted by Crippen LogP contribution is 2.51. The molecule has 0 aromatic carbocycles. The second-order valence-electron chi connectivity index (χ2n) is 7.25. The number of hydrogen-bond donors (Lipinski definition) is 3. The quantitative estimate of drug-likeness (QED) is 0.516. The normalized spacial score (nSPS) is 16.9. The molecular formula is C19H29N5O3. The van der Waals surface area contributed by atoms with Crippen molar-refractivity contribution in [3.8, 4) is 5.88 Å².